The predicted octanol–water partition coefficient (Wildman–Crippen LogP) is 1.69. The summed E-state index contributed by atoms with van der Waals surface area (Å²) < 4.78 is 4.95. The van der Waals surface area contributed by atoms with Gasteiger partial charge >= 0.3 is 0 Å². The number of carbonyl (C=O) groups is 1. The molecule has 0 aliphatic rings. The molecule has 0 saturated carbocycles. The number of nitrogens with zero attached hydrogens (tertiary/aromatic N) is 1. The summed E-state index contributed by atoms with van der Waals surface area (Å²) in [6.07, 6.45) is 4.01. The monoisotopic (exact) mass is 181 g/mol. The molecular weight excluding hydrogens is 166 g/mol. The van der Waals surface area contributed by atoms with Crippen LogP contribution in [0.4, 0.5) is 0 Å². The summed E-state index contributed by atoms with van der Waals surface area (Å²) in [6, 6.07) is 1.93. The maximum absolute atomic E-state index is 10.7. The van der Waals surface area contributed by atoms with Gasteiger partial charge in [-0.2, -0.15) is 0 Å². The average Bonchev–Trinajstić information content (AvgIpc) is 2.53. The molecule has 0 bridgehead atoms. The normalized spacial score (nSPS) is 10.7. The van der Waals surface area contributed by atoms with Crippen molar-refractivity contribution in [2.45, 2.75) is 19.9 Å². The van der Waals surface area contributed by atoms with Crippen LogP contribution in [0, 0.1) is 0 Å². The number of hydrogen-bond donors (Lipinski definition) is 0. The maximum Gasteiger partial charge on any atom is 0.131 e. The number of carbonyl (C=O) groups excluding carboxylic acids is 1. The third kappa shape index (κ3) is 3.90. The highest BCUT2D eigenvalue weighted by Gasteiger charge is 2.02. The largest absolute Gasteiger partial charge is 0.472 e. The van der Waals surface area contributed by atoms with Gasteiger partial charge in [0.25, 0.3) is 0 Å². The van der Waals surface area contributed by atoms with E-state index in [0.29, 0.717) is 6.42 Å². The molecule has 13 heavy (non-hydrogen) atoms. The van der Waals surface area contributed by atoms with E-state index >= 15 is 0 Å². The zero-order chi connectivity index (χ0) is 9.68. The summed E-state index contributed by atoms with van der Waals surface area (Å²) in [5.74, 6) is 0.235. The van der Waals surface area contributed by atoms with Crippen molar-refractivity contribution in [1.29, 1.82) is 0 Å². The zero-order valence-electron chi connectivity index (χ0n) is 8.12. The van der Waals surface area contributed by atoms with Gasteiger partial charge in [0.15, 0.2) is 0 Å². The van der Waals surface area contributed by atoms with Crippen molar-refractivity contribution in [2.75, 3.05) is 13.6 Å². The third-order valence-electron chi connectivity index (χ3n) is 1.88. The molecule has 3 nitrogen and oxygen atoms in total. The molecule has 1 heterocycles. The van der Waals surface area contributed by atoms with Gasteiger partial charge in [0, 0.05) is 25.1 Å². The molecule has 0 radical (unpaired) electrons. The number of furan rings is 1. The van der Waals surface area contributed by atoms with Crippen LogP contribution in [-0.4, -0.2) is 24.3 Å². The van der Waals surface area contributed by atoms with Crippen LogP contribution in [0.1, 0.15) is 18.9 Å². The van der Waals surface area contributed by atoms with Gasteiger partial charge in [0.05, 0.1) is 12.5 Å². The topological polar surface area (TPSA) is 33.5 Å². The standard InChI is InChI=1S/C10H15NO2/c1-9(12)3-5-11(2)7-10-4-6-13-8-10/h4,6,8H,3,5,7H2,1-2H3. The van der Waals surface area contributed by atoms with E-state index in [1.54, 1.807) is 19.5 Å². The van der Waals surface area contributed by atoms with E-state index in [-0.39, 0.29) is 5.78 Å². The van der Waals surface area contributed by atoms with Crippen LogP contribution >= 0.6 is 0 Å². The van der Waals surface area contributed by atoms with Crippen LogP contribution in [0.2, 0.25) is 0 Å². The minimum Gasteiger partial charge on any atom is -0.472 e. The predicted molar refractivity (Wildman–Crippen MR) is 50.3 cm³/mol. The highest BCUT2D eigenvalue weighted by molar-refractivity contribution is 5.75. The Morgan fingerprint density at radius 3 is 2.92 bits per heavy atom. The van der Waals surface area contributed by atoms with E-state index in [0.717, 1.165) is 18.7 Å². The Morgan fingerprint density at radius 1 is 1.62 bits per heavy atom. The van der Waals surface area contributed by atoms with E-state index in [9.17, 15) is 4.79 Å². The molecule has 0 aliphatic carbocycles. The minimum atomic E-state index is 0.235. The second kappa shape index (κ2) is 4.82. The average molecular weight is 181 g/mol. The minimum absolute atomic E-state index is 0.235. The van der Waals surface area contributed by atoms with Gasteiger partial charge in [-0.25, -0.2) is 0 Å². The van der Waals surface area contributed by atoms with Crippen molar-refractivity contribution in [2.24, 2.45) is 0 Å². The lowest BCUT2D eigenvalue weighted by molar-refractivity contribution is -0.117. The van der Waals surface area contributed by atoms with Crippen molar-refractivity contribution in [1.82, 2.24) is 4.90 Å². The first-order chi connectivity index (χ1) is 6.18. The molecule has 1 rings (SSSR count). The summed E-state index contributed by atoms with van der Waals surface area (Å²) in [4.78, 5) is 12.8. The summed E-state index contributed by atoms with van der Waals surface area (Å²) in [6.45, 7) is 3.26. The van der Waals surface area contributed by atoms with E-state index in [1.165, 1.54) is 0 Å². The molecule has 3 heteroatoms. The fourth-order valence-electron chi connectivity index (χ4n) is 1.12. The van der Waals surface area contributed by atoms with E-state index < -0.39 is 0 Å². The van der Waals surface area contributed by atoms with Crippen LogP contribution in [0.15, 0.2) is 23.0 Å². The Morgan fingerprint density at radius 2 is 2.38 bits per heavy atom. The van der Waals surface area contributed by atoms with Crippen LogP contribution in [0.3, 0.4) is 0 Å². The van der Waals surface area contributed by atoms with Crippen LogP contribution in [-0.2, 0) is 11.3 Å². The Kier molecular flexibility index (Phi) is 3.71. The first kappa shape index (κ1) is 9.99. The first-order valence-electron chi connectivity index (χ1n) is 4.37. The summed E-state index contributed by atoms with van der Waals surface area (Å²) in [5.41, 5.74) is 1.14. The van der Waals surface area contributed by atoms with Gasteiger partial charge in [-0.1, -0.05) is 0 Å². The molecule has 0 aliphatic heterocycles. The number of ketones is 1. The summed E-state index contributed by atoms with van der Waals surface area (Å²) in [7, 11) is 2.00. The third-order valence-corrected chi connectivity index (χ3v) is 1.88. The molecule has 0 fully saturated rings. The van der Waals surface area contributed by atoms with Crippen molar-refractivity contribution in [3.8, 4) is 0 Å². The first-order valence-corrected chi connectivity index (χ1v) is 4.37. The Balaban J connectivity index is 2.25. The van der Waals surface area contributed by atoms with E-state index in [4.69, 9.17) is 4.42 Å². The van der Waals surface area contributed by atoms with Crippen molar-refractivity contribution in [3.63, 3.8) is 0 Å². The van der Waals surface area contributed by atoms with Gasteiger partial charge in [-0.15, -0.1) is 0 Å². The smallest absolute Gasteiger partial charge is 0.131 e. The lowest BCUT2D eigenvalue weighted by atomic mass is 10.2. The molecular formula is C10H15NO2. The maximum atomic E-state index is 10.7. The molecule has 0 aromatic carbocycles. The highest BCUT2D eigenvalue weighted by Crippen LogP contribution is 2.03. The molecule has 1 aromatic rings. The lowest BCUT2D eigenvalue weighted by Gasteiger charge is -2.13. The van der Waals surface area contributed by atoms with Crippen molar-refractivity contribution >= 4 is 5.78 Å². The Hall–Kier alpha value is -1.09. The van der Waals surface area contributed by atoms with Crippen LogP contribution in [0.25, 0.3) is 0 Å². The van der Waals surface area contributed by atoms with Gasteiger partial charge in [-0.05, 0) is 20.0 Å². The summed E-state index contributed by atoms with van der Waals surface area (Å²) >= 11 is 0. The molecule has 72 valence electrons. The van der Waals surface area contributed by atoms with Crippen molar-refractivity contribution < 1.29 is 9.21 Å². The molecule has 0 unspecified atom stereocenters. The van der Waals surface area contributed by atoms with Crippen LogP contribution in [0.5, 0.6) is 0 Å². The number of hydrogen-bond acceptors (Lipinski definition) is 3. The molecule has 1 aromatic heterocycles. The quantitative estimate of drug-likeness (QED) is 0.693. The SMILES string of the molecule is CC(=O)CCN(C)Cc1ccoc1. The lowest BCUT2D eigenvalue weighted by Crippen LogP contribution is -2.20. The van der Waals surface area contributed by atoms with Gasteiger partial charge in [0.2, 0.25) is 0 Å². The van der Waals surface area contributed by atoms with E-state index in [2.05, 4.69) is 4.90 Å². The second-order valence-electron chi connectivity index (χ2n) is 3.32. The zero-order valence-corrected chi connectivity index (χ0v) is 8.12. The molecule has 0 saturated heterocycles. The Labute approximate surface area is 78.3 Å². The second-order valence-corrected chi connectivity index (χ2v) is 3.32. The summed E-state index contributed by atoms with van der Waals surface area (Å²) in [5, 5.41) is 0. The fraction of sp³-hybridized carbons (Fsp3) is 0.500. The number of rotatable bonds is 5. The van der Waals surface area contributed by atoms with Crippen LogP contribution < -0.4 is 0 Å². The van der Waals surface area contributed by atoms with Gasteiger partial charge < -0.3 is 9.32 Å². The fourth-order valence-corrected chi connectivity index (χ4v) is 1.12. The molecule has 0 spiro atoms. The molecule has 0 atom stereocenters. The van der Waals surface area contributed by atoms with Crippen molar-refractivity contribution in [3.05, 3.63) is 24.2 Å². The number of Topliss-reactive ketones (excluding diaryl/α,β-unsaturated/α-hetero) is 1. The highest BCUT2D eigenvalue weighted by atomic mass is 16.3. The van der Waals surface area contributed by atoms with Gasteiger partial charge in [-0.3, -0.25) is 4.79 Å². The molecule has 0 N–H and O–H groups in total. The van der Waals surface area contributed by atoms with E-state index in [1.807, 2.05) is 13.1 Å². The molecule has 0 amide bonds. The van der Waals surface area contributed by atoms with Gasteiger partial charge in [0.1, 0.15) is 5.78 Å². The Bertz CT molecular complexity index is 254.